The van der Waals surface area contributed by atoms with Gasteiger partial charge in [-0.3, -0.25) is 0 Å². The Morgan fingerprint density at radius 2 is 1.80 bits per heavy atom. The van der Waals surface area contributed by atoms with Gasteiger partial charge in [-0.15, -0.1) is 11.8 Å². The number of thioether (sulfide) groups is 1. The molecule has 2 rings (SSSR count). The van der Waals surface area contributed by atoms with Gasteiger partial charge in [0.2, 0.25) is 0 Å². The largest absolute Gasteiger partial charge is 0.324 e. The Balaban J connectivity index is 2.59. The van der Waals surface area contributed by atoms with Crippen molar-refractivity contribution in [1.29, 1.82) is 0 Å². The van der Waals surface area contributed by atoms with E-state index in [1.54, 1.807) is 0 Å². The third-order valence-corrected chi connectivity index (χ3v) is 4.49. The molecule has 1 aliphatic rings. The van der Waals surface area contributed by atoms with Gasteiger partial charge in [0.05, 0.1) is 4.90 Å². The average molecular weight is 229 g/mol. The molecule has 0 aromatic heterocycles. The quantitative estimate of drug-likeness (QED) is 0.739. The lowest BCUT2D eigenvalue weighted by Gasteiger charge is -2.33. The summed E-state index contributed by atoms with van der Waals surface area (Å²) < 4.78 is 27.0. The van der Waals surface area contributed by atoms with Crippen molar-refractivity contribution in [3.05, 3.63) is 29.3 Å². The maximum atomic E-state index is 13.5. The lowest BCUT2D eigenvalue weighted by atomic mass is 9.92. The summed E-state index contributed by atoms with van der Waals surface area (Å²) in [4.78, 5) is 0.383. The molecule has 1 aromatic rings. The van der Waals surface area contributed by atoms with Gasteiger partial charge >= 0.3 is 0 Å². The van der Waals surface area contributed by atoms with Gasteiger partial charge in [-0.25, -0.2) is 8.78 Å². The van der Waals surface area contributed by atoms with E-state index in [0.717, 1.165) is 12.1 Å². The van der Waals surface area contributed by atoms with Crippen molar-refractivity contribution in [2.75, 3.05) is 0 Å². The molecular weight excluding hydrogens is 216 g/mol. The zero-order valence-electron chi connectivity index (χ0n) is 8.63. The SMILES string of the molecule is CC1Sc2c(F)ccc(F)c2C(N)C1C. The zero-order chi connectivity index (χ0) is 11.2. The van der Waals surface area contributed by atoms with Crippen LogP contribution >= 0.6 is 11.8 Å². The van der Waals surface area contributed by atoms with Crippen molar-refractivity contribution in [3.63, 3.8) is 0 Å². The molecule has 1 nitrogen and oxygen atoms in total. The van der Waals surface area contributed by atoms with E-state index in [1.807, 2.05) is 13.8 Å². The molecule has 2 N–H and O–H groups in total. The smallest absolute Gasteiger partial charge is 0.137 e. The van der Waals surface area contributed by atoms with E-state index in [-0.39, 0.29) is 17.0 Å². The Morgan fingerprint density at radius 3 is 2.47 bits per heavy atom. The third kappa shape index (κ3) is 1.66. The first-order chi connectivity index (χ1) is 7.02. The monoisotopic (exact) mass is 229 g/mol. The van der Waals surface area contributed by atoms with Crippen molar-refractivity contribution >= 4 is 11.8 Å². The topological polar surface area (TPSA) is 26.0 Å². The molecule has 0 bridgehead atoms. The molecule has 0 saturated carbocycles. The van der Waals surface area contributed by atoms with Gasteiger partial charge in [-0.1, -0.05) is 13.8 Å². The van der Waals surface area contributed by atoms with Crippen LogP contribution < -0.4 is 5.73 Å². The van der Waals surface area contributed by atoms with Crippen LogP contribution in [0.15, 0.2) is 17.0 Å². The summed E-state index contributed by atoms with van der Waals surface area (Å²) >= 11 is 1.37. The Kier molecular flexibility index (Phi) is 2.73. The molecule has 1 aromatic carbocycles. The van der Waals surface area contributed by atoms with Crippen LogP contribution in [-0.2, 0) is 0 Å². The van der Waals surface area contributed by atoms with Crippen LogP contribution in [-0.4, -0.2) is 5.25 Å². The van der Waals surface area contributed by atoms with Crippen LogP contribution in [0.4, 0.5) is 8.78 Å². The standard InChI is InChI=1S/C11H13F2NS/c1-5-6(2)15-11-8(13)4-3-7(12)9(11)10(5)14/h3-6,10H,14H2,1-2H3. The number of nitrogens with two attached hydrogens (primary N) is 1. The molecule has 0 radical (unpaired) electrons. The van der Waals surface area contributed by atoms with E-state index < -0.39 is 11.9 Å². The predicted octanol–water partition coefficient (Wildman–Crippen LogP) is 3.09. The molecule has 3 atom stereocenters. The molecule has 4 heteroatoms. The van der Waals surface area contributed by atoms with E-state index in [0.29, 0.717) is 10.5 Å². The summed E-state index contributed by atoms with van der Waals surface area (Å²) in [7, 11) is 0. The molecule has 82 valence electrons. The van der Waals surface area contributed by atoms with E-state index >= 15 is 0 Å². The molecule has 1 aliphatic heterocycles. The first kappa shape index (κ1) is 10.9. The highest BCUT2D eigenvalue weighted by molar-refractivity contribution is 8.00. The average Bonchev–Trinajstić information content (AvgIpc) is 2.20. The normalized spacial score (nSPS) is 30.1. The fraction of sp³-hybridized carbons (Fsp3) is 0.455. The van der Waals surface area contributed by atoms with Crippen molar-refractivity contribution in [2.45, 2.75) is 30.0 Å². The van der Waals surface area contributed by atoms with Crippen LogP contribution in [0.25, 0.3) is 0 Å². The Labute approximate surface area is 92.0 Å². The van der Waals surface area contributed by atoms with Gasteiger partial charge < -0.3 is 5.73 Å². The summed E-state index contributed by atoms with van der Waals surface area (Å²) in [6.45, 7) is 3.96. The van der Waals surface area contributed by atoms with Crippen molar-refractivity contribution in [2.24, 2.45) is 11.7 Å². The minimum absolute atomic E-state index is 0.152. The zero-order valence-corrected chi connectivity index (χ0v) is 9.44. The summed E-state index contributed by atoms with van der Waals surface area (Å²) in [5.41, 5.74) is 6.27. The second-order valence-electron chi connectivity index (χ2n) is 3.98. The minimum atomic E-state index is -0.410. The molecule has 3 unspecified atom stereocenters. The van der Waals surface area contributed by atoms with Crippen molar-refractivity contribution < 1.29 is 8.78 Å². The van der Waals surface area contributed by atoms with Gasteiger partial charge in [-0.05, 0) is 18.1 Å². The number of hydrogen-bond acceptors (Lipinski definition) is 2. The molecule has 15 heavy (non-hydrogen) atoms. The Hall–Kier alpha value is -0.610. The molecular formula is C11H13F2NS. The highest BCUT2D eigenvalue weighted by atomic mass is 32.2. The summed E-state index contributed by atoms with van der Waals surface area (Å²) in [5.74, 6) is -0.616. The van der Waals surface area contributed by atoms with Gasteiger partial charge in [-0.2, -0.15) is 0 Å². The number of fused-ring (bicyclic) bond motifs is 1. The van der Waals surface area contributed by atoms with Crippen LogP contribution in [0.2, 0.25) is 0 Å². The highest BCUT2D eigenvalue weighted by Crippen LogP contribution is 2.45. The van der Waals surface area contributed by atoms with E-state index in [1.165, 1.54) is 11.8 Å². The third-order valence-electron chi connectivity index (χ3n) is 3.04. The number of hydrogen-bond donors (Lipinski definition) is 1. The van der Waals surface area contributed by atoms with E-state index in [9.17, 15) is 8.78 Å². The van der Waals surface area contributed by atoms with Gasteiger partial charge in [0, 0.05) is 16.9 Å². The maximum absolute atomic E-state index is 13.5. The van der Waals surface area contributed by atoms with E-state index in [4.69, 9.17) is 5.73 Å². The number of halogens is 2. The lowest BCUT2D eigenvalue weighted by Crippen LogP contribution is -2.31. The molecule has 1 heterocycles. The number of rotatable bonds is 0. The van der Waals surface area contributed by atoms with Crippen LogP contribution in [0.1, 0.15) is 25.5 Å². The molecule has 0 spiro atoms. The minimum Gasteiger partial charge on any atom is -0.324 e. The lowest BCUT2D eigenvalue weighted by molar-refractivity contribution is 0.423. The van der Waals surface area contributed by atoms with Crippen LogP contribution in [0.3, 0.4) is 0 Å². The van der Waals surface area contributed by atoms with E-state index in [2.05, 4.69) is 0 Å². The molecule has 0 aliphatic carbocycles. The first-order valence-corrected chi connectivity index (χ1v) is 5.80. The molecule has 0 amide bonds. The maximum Gasteiger partial charge on any atom is 0.137 e. The van der Waals surface area contributed by atoms with Crippen LogP contribution in [0.5, 0.6) is 0 Å². The summed E-state index contributed by atoms with van der Waals surface area (Å²) in [5, 5.41) is 0.212. The van der Waals surface area contributed by atoms with Gasteiger partial charge in [0.1, 0.15) is 11.6 Å². The van der Waals surface area contributed by atoms with Crippen molar-refractivity contribution in [1.82, 2.24) is 0 Å². The van der Waals surface area contributed by atoms with Gasteiger partial charge in [0.15, 0.2) is 0 Å². The Morgan fingerprint density at radius 1 is 1.20 bits per heavy atom. The summed E-state index contributed by atoms with van der Waals surface area (Å²) in [6, 6.07) is 1.90. The van der Waals surface area contributed by atoms with Crippen LogP contribution in [0, 0.1) is 17.6 Å². The Bertz CT molecular complexity index is 394. The fourth-order valence-corrected chi connectivity index (χ4v) is 3.12. The number of benzene rings is 1. The second-order valence-corrected chi connectivity index (χ2v) is 5.37. The van der Waals surface area contributed by atoms with Crippen molar-refractivity contribution in [3.8, 4) is 0 Å². The molecule has 0 saturated heterocycles. The van der Waals surface area contributed by atoms with Gasteiger partial charge in [0.25, 0.3) is 0 Å². The molecule has 0 fully saturated rings. The predicted molar refractivity (Wildman–Crippen MR) is 57.8 cm³/mol. The highest BCUT2D eigenvalue weighted by Gasteiger charge is 2.33. The summed E-state index contributed by atoms with van der Waals surface area (Å²) in [6.07, 6.45) is 0. The first-order valence-electron chi connectivity index (χ1n) is 4.92. The second kappa shape index (κ2) is 3.76. The fourth-order valence-electron chi connectivity index (χ4n) is 1.83.